The normalized spacial score (nSPS) is 17.2. The molecule has 23 heavy (non-hydrogen) atoms. The Labute approximate surface area is 153 Å². The Hall–Kier alpha value is -0.660. The number of rotatable bonds is 7. The topological polar surface area (TPSA) is 41.6 Å². The number of hydrogen-bond acceptors (Lipinski definition) is 3. The highest BCUT2D eigenvalue weighted by Crippen LogP contribution is 2.19. The molecule has 0 saturated carbocycles. The number of carbonyl (C=O) groups excluding carboxylic acids is 1. The summed E-state index contributed by atoms with van der Waals surface area (Å²) in [5.41, 5.74) is 0.732. The summed E-state index contributed by atoms with van der Waals surface area (Å²) >= 11 is 2.25. The van der Waals surface area contributed by atoms with Gasteiger partial charge >= 0.3 is 0 Å². The van der Waals surface area contributed by atoms with E-state index in [1.165, 1.54) is 0 Å². The second kappa shape index (κ2) is 9.59. The van der Waals surface area contributed by atoms with E-state index in [2.05, 4.69) is 46.7 Å². The summed E-state index contributed by atoms with van der Waals surface area (Å²) in [6, 6.07) is 8.10. The molecular formula is C18H27IN2O2. The summed E-state index contributed by atoms with van der Waals surface area (Å²) in [4.78, 5) is 14.9. The molecule has 0 spiro atoms. The van der Waals surface area contributed by atoms with Gasteiger partial charge in [0.25, 0.3) is 5.91 Å². The Kier molecular flexibility index (Phi) is 7.79. The van der Waals surface area contributed by atoms with Crippen LogP contribution in [0.2, 0.25) is 0 Å². The standard InChI is InChI=1S/C18H27IN2O2/c1-3-14(4-2)17(21-9-11-23-12-10-21)13-20-18(22)15-5-7-16(19)8-6-15/h5-8,14,17H,3-4,9-13H2,1-2H3,(H,20,22). The van der Waals surface area contributed by atoms with Gasteiger partial charge in [0.15, 0.2) is 0 Å². The van der Waals surface area contributed by atoms with Crippen LogP contribution >= 0.6 is 22.6 Å². The van der Waals surface area contributed by atoms with E-state index < -0.39 is 0 Å². The van der Waals surface area contributed by atoms with Gasteiger partial charge in [0.05, 0.1) is 13.2 Å². The van der Waals surface area contributed by atoms with Crippen molar-refractivity contribution in [2.75, 3.05) is 32.8 Å². The van der Waals surface area contributed by atoms with Gasteiger partial charge in [0, 0.05) is 34.8 Å². The lowest BCUT2D eigenvalue weighted by atomic mass is 9.92. The first kappa shape index (κ1) is 18.7. The maximum atomic E-state index is 12.4. The SMILES string of the molecule is CCC(CC)C(CNC(=O)c1ccc(I)cc1)N1CCOCC1. The number of carbonyl (C=O) groups is 1. The summed E-state index contributed by atoms with van der Waals surface area (Å²) in [6.07, 6.45) is 2.27. The summed E-state index contributed by atoms with van der Waals surface area (Å²) < 4.78 is 6.61. The van der Waals surface area contributed by atoms with E-state index in [-0.39, 0.29) is 5.91 Å². The third kappa shape index (κ3) is 5.43. The third-order valence-electron chi connectivity index (χ3n) is 4.69. The Balaban J connectivity index is 1.99. The van der Waals surface area contributed by atoms with Crippen molar-refractivity contribution in [3.8, 4) is 0 Å². The molecule has 1 aliphatic rings. The zero-order valence-corrected chi connectivity index (χ0v) is 16.2. The van der Waals surface area contributed by atoms with Gasteiger partial charge in [0.1, 0.15) is 0 Å². The van der Waals surface area contributed by atoms with Crippen molar-refractivity contribution in [1.82, 2.24) is 10.2 Å². The van der Waals surface area contributed by atoms with Crippen molar-refractivity contribution in [2.24, 2.45) is 5.92 Å². The van der Waals surface area contributed by atoms with Gasteiger partial charge in [-0.2, -0.15) is 0 Å². The molecule has 0 aromatic heterocycles. The van der Waals surface area contributed by atoms with Gasteiger partial charge in [-0.25, -0.2) is 0 Å². The fourth-order valence-corrected chi connectivity index (χ4v) is 3.60. The fraction of sp³-hybridized carbons (Fsp3) is 0.611. The lowest BCUT2D eigenvalue weighted by molar-refractivity contribution is 0.00191. The zero-order chi connectivity index (χ0) is 16.7. The fourth-order valence-electron chi connectivity index (χ4n) is 3.24. The quantitative estimate of drug-likeness (QED) is 0.676. The maximum absolute atomic E-state index is 12.4. The smallest absolute Gasteiger partial charge is 0.251 e. The predicted molar refractivity (Wildman–Crippen MR) is 102 cm³/mol. The van der Waals surface area contributed by atoms with Crippen LogP contribution in [0, 0.1) is 9.49 Å². The maximum Gasteiger partial charge on any atom is 0.251 e. The van der Waals surface area contributed by atoms with Crippen LogP contribution < -0.4 is 5.32 Å². The van der Waals surface area contributed by atoms with E-state index in [1.807, 2.05) is 24.3 Å². The molecule has 1 aliphatic heterocycles. The van der Waals surface area contributed by atoms with Gasteiger partial charge in [-0.3, -0.25) is 9.69 Å². The Bertz CT molecular complexity index is 482. The molecule has 1 fully saturated rings. The molecule has 1 saturated heterocycles. The lowest BCUT2D eigenvalue weighted by Gasteiger charge is -2.38. The Morgan fingerprint density at radius 2 is 1.83 bits per heavy atom. The molecule has 2 rings (SSSR count). The van der Waals surface area contributed by atoms with E-state index in [1.54, 1.807) is 0 Å². The molecule has 4 nitrogen and oxygen atoms in total. The molecule has 1 aromatic carbocycles. The molecule has 0 bridgehead atoms. The van der Waals surface area contributed by atoms with Crippen LogP contribution in [0.15, 0.2) is 24.3 Å². The molecule has 1 heterocycles. The molecule has 5 heteroatoms. The first-order chi connectivity index (χ1) is 11.2. The highest BCUT2D eigenvalue weighted by Gasteiger charge is 2.27. The minimum atomic E-state index is 0.0191. The average Bonchev–Trinajstić information content (AvgIpc) is 2.59. The summed E-state index contributed by atoms with van der Waals surface area (Å²) in [5.74, 6) is 0.621. The van der Waals surface area contributed by atoms with Crippen LogP contribution in [0.25, 0.3) is 0 Å². The second-order valence-electron chi connectivity index (χ2n) is 6.01. The van der Waals surface area contributed by atoms with Crippen LogP contribution in [0.3, 0.4) is 0 Å². The predicted octanol–water partition coefficient (Wildman–Crippen LogP) is 3.16. The number of halogens is 1. The van der Waals surface area contributed by atoms with Crippen molar-refractivity contribution in [3.05, 3.63) is 33.4 Å². The number of nitrogens with zero attached hydrogens (tertiary/aromatic N) is 1. The number of morpholine rings is 1. The minimum Gasteiger partial charge on any atom is -0.379 e. The zero-order valence-electron chi connectivity index (χ0n) is 14.1. The van der Waals surface area contributed by atoms with Gasteiger partial charge in [-0.1, -0.05) is 26.7 Å². The van der Waals surface area contributed by atoms with Crippen molar-refractivity contribution in [3.63, 3.8) is 0 Å². The van der Waals surface area contributed by atoms with Gasteiger partial charge in [-0.05, 0) is 52.8 Å². The van der Waals surface area contributed by atoms with Crippen LogP contribution in [-0.4, -0.2) is 49.7 Å². The second-order valence-corrected chi connectivity index (χ2v) is 7.25. The van der Waals surface area contributed by atoms with Gasteiger partial charge < -0.3 is 10.1 Å². The van der Waals surface area contributed by atoms with E-state index >= 15 is 0 Å². The highest BCUT2D eigenvalue weighted by molar-refractivity contribution is 14.1. The third-order valence-corrected chi connectivity index (χ3v) is 5.40. The monoisotopic (exact) mass is 430 g/mol. The van der Waals surface area contributed by atoms with E-state index in [0.29, 0.717) is 18.5 Å². The van der Waals surface area contributed by atoms with E-state index in [0.717, 1.165) is 48.3 Å². The van der Waals surface area contributed by atoms with Crippen LogP contribution in [-0.2, 0) is 4.74 Å². The lowest BCUT2D eigenvalue weighted by Crippen LogP contribution is -2.52. The highest BCUT2D eigenvalue weighted by atomic mass is 127. The van der Waals surface area contributed by atoms with Crippen LogP contribution in [0.4, 0.5) is 0 Å². The number of ether oxygens (including phenoxy) is 1. The number of nitrogens with one attached hydrogen (secondary N) is 1. The number of hydrogen-bond donors (Lipinski definition) is 1. The molecule has 0 radical (unpaired) electrons. The molecule has 1 N–H and O–H groups in total. The summed E-state index contributed by atoms with van der Waals surface area (Å²) in [7, 11) is 0. The largest absolute Gasteiger partial charge is 0.379 e. The first-order valence-corrected chi connectivity index (χ1v) is 9.59. The Morgan fingerprint density at radius 1 is 1.22 bits per heavy atom. The minimum absolute atomic E-state index is 0.0191. The molecule has 1 amide bonds. The molecule has 1 aromatic rings. The van der Waals surface area contributed by atoms with Crippen molar-refractivity contribution in [1.29, 1.82) is 0 Å². The molecular weight excluding hydrogens is 403 g/mol. The summed E-state index contributed by atoms with van der Waals surface area (Å²) in [5, 5.41) is 3.14. The number of benzene rings is 1. The Morgan fingerprint density at radius 3 is 2.39 bits per heavy atom. The first-order valence-electron chi connectivity index (χ1n) is 8.51. The van der Waals surface area contributed by atoms with Gasteiger partial charge in [-0.15, -0.1) is 0 Å². The van der Waals surface area contributed by atoms with Crippen LogP contribution in [0.1, 0.15) is 37.0 Å². The van der Waals surface area contributed by atoms with Crippen molar-refractivity contribution >= 4 is 28.5 Å². The molecule has 1 atom stereocenters. The van der Waals surface area contributed by atoms with Gasteiger partial charge in [0.2, 0.25) is 0 Å². The van der Waals surface area contributed by atoms with Crippen molar-refractivity contribution in [2.45, 2.75) is 32.7 Å². The average molecular weight is 430 g/mol. The number of amides is 1. The van der Waals surface area contributed by atoms with Crippen LogP contribution in [0.5, 0.6) is 0 Å². The van der Waals surface area contributed by atoms with Crippen molar-refractivity contribution < 1.29 is 9.53 Å². The van der Waals surface area contributed by atoms with E-state index in [4.69, 9.17) is 4.74 Å². The molecule has 1 unspecified atom stereocenters. The van der Waals surface area contributed by atoms with E-state index in [9.17, 15) is 4.79 Å². The molecule has 0 aliphatic carbocycles. The summed E-state index contributed by atoms with van der Waals surface area (Å²) in [6.45, 7) is 8.69. The molecule has 128 valence electrons.